The fourth-order valence-electron chi connectivity index (χ4n) is 8.27. The zero-order valence-corrected chi connectivity index (χ0v) is 27.9. The van der Waals surface area contributed by atoms with E-state index in [-0.39, 0.29) is 12.1 Å². The minimum atomic E-state index is 0.0195. The second kappa shape index (κ2) is 10.4. The highest BCUT2D eigenvalue weighted by atomic mass is 16.3. The van der Waals surface area contributed by atoms with Crippen molar-refractivity contribution in [3.05, 3.63) is 157 Å². The quantitative estimate of drug-likeness (QED) is 0.181. The molecule has 2 aliphatic heterocycles. The van der Waals surface area contributed by atoms with Gasteiger partial charge in [0.05, 0.1) is 5.69 Å². The van der Waals surface area contributed by atoms with E-state index in [0.717, 1.165) is 21.9 Å². The number of furan rings is 1. The van der Waals surface area contributed by atoms with Gasteiger partial charge in [-0.3, -0.25) is 0 Å². The zero-order chi connectivity index (χ0) is 32.9. The number of fused-ring (bicyclic) bond motifs is 8. The largest absolute Gasteiger partial charge is 0.456 e. The van der Waals surface area contributed by atoms with Gasteiger partial charge in [0, 0.05) is 27.7 Å². The van der Waals surface area contributed by atoms with E-state index in [9.17, 15) is 0 Å². The van der Waals surface area contributed by atoms with Crippen molar-refractivity contribution in [2.24, 2.45) is 0 Å². The van der Waals surface area contributed by atoms with Gasteiger partial charge < -0.3 is 9.32 Å². The summed E-state index contributed by atoms with van der Waals surface area (Å²) in [5.74, 6) is 0. The summed E-state index contributed by atoms with van der Waals surface area (Å²) >= 11 is 0. The van der Waals surface area contributed by atoms with Crippen LogP contribution in [0.3, 0.4) is 0 Å². The van der Waals surface area contributed by atoms with Gasteiger partial charge >= 0.3 is 0 Å². The fourth-order valence-corrected chi connectivity index (χ4v) is 8.27. The first-order valence-electron chi connectivity index (χ1n) is 17.2. The second-order valence-electron chi connectivity index (χ2n) is 14.5. The van der Waals surface area contributed by atoms with E-state index in [1.165, 1.54) is 72.4 Å². The van der Waals surface area contributed by atoms with Crippen molar-refractivity contribution >= 4 is 62.1 Å². The van der Waals surface area contributed by atoms with Gasteiger partial charge in [0.1, 0.15) is 11.2 Å². The molecule has 232 valence electrons. The third-order valence-corrected chi connectivity index (χ3v) is 10.6. The molecule has 8 aromatic rings. The Labute approximate surface area is 287 Å². The Morgan fingerprint density at radius 1 is 0.469 bits per heavy atom. The Morgan fingerprint density at radius 3 is 2.06 bits per heavy atom. The molecule has 10 rings (SSSR count). The number of benzene rings is 7. The molecule has 2 aliphatic rings. The maximum Gasteiger partial charge on any atom is 0.248 e. The van der Waals surface area contributed by atoms with Crippen molar-refractivity contribution in [3.8, 4) is 33.4 Å². The van der Waals surface area contributed by atoms with Crippen LogP contribution >= 0.6 is 0 Å². The lowest BCUT2D eigenvalue weighted by molar-refractivity contribution is 0.590. The van der Waals surface area contributed by atoms with Gasteiger partial charge in [0.25, 0.3) is 0 Å². The summed E-state index contributed by atoms with van der Waals surface area (Å²) in [7, 11) is 0. The van der Waals surface area contributed by atoms with Crippen LogP contribution in [-0.2, 0) is 5.41 Å². The second-order valence-corrected chi connectivity index (χ2v) is 14.5. The molecule has 0 N–H and O–H groups in total. The maximum absolute atomic E-state index is 6.23. The Kier molecular flexibility index (Phi) is 5.96. The van der Waals surface area contributed by atoms with E-state index in [0.29, 0.717) is 0 Å². The average Bonchev–Trinajstić information content (AvgIpc) is 3.68. The van der Waals surface area contributed by atoms with Gasteiger partial charge in [0.2, 0.25) is 6.71 Å². The van der Waals surface area contributed by atoms with E-state index in [2.05, 4.69) is 171 Å². The van der Waals surface area contributed by atoms with E-state index in [1.807, 2.05) is 6.07 Å². The molecule has 1 aromatic heterocycles. The van der Waals surface area contributed by atoms with Crippen molar-refractivity contribution in [1.29, 1.82) is 0 Å². The Morgan fingerprint density at radius 2 is 1.20 bits per heavy atom. The van der Waals surface area contributed by atoms with E-state index in [4.69, 9.17) is 4.42 Å². The van der Waals surface area contributed by atoms with Crippen molar-refractivity contribution < 1.29 is 4.42 Å². The molecular formula is C46H34BNO. The van der Waals surface area contributed by atoms with Gasteiger partial charge in [-0.2, -0.15) is 0 Å². The summed E-state index contributed by atoms with van der Waals surface area (Å²) in [6.07, 6.45) is 0. The maximum atomic E-state index is 6.23. The van der Waals surface area contributed by atoms with Crippen LogP contribution < -0.4 is 21.3 Å². The summed E-state index contributed by atoms with van der Waals surface area (Å²) in [6, 6.07) is 55.8. The number of hydrogen-bond donors (Lipinski definition) is 0. The standard InChI is InChI=1S/C46H34BNO/c1-46(2,3)32-22-23-40(35(28-32)29-13-5-4-6-14-29)48-41-19-11-10-18-39(41)47-38-17-9-7-15-33(38)37-26-31(27-42(48)45(37)47)30-21-24-44-36(25-30)34-16-8-12-20-43(34)49-44/h4-28H,1-3H3. The molecule has 0 atom stereocenters. The van der Waals surface area contributed by atoms with Gasteiger partial charge in [-0.1, -0.05) is 129 Å². The highest BCUT2D eigenvalue weighted by Gasteiger charge is 2.43. The van der Waals surface area contributed by atoms with Crippen molar-refractivity contribution in [1.82, 2.24) is 0 Å². The molecule has 0 saturated heterocycles. The third-order valence-electron chi connectivity index (χ3n) is 10.6. The van der Waals surface area contributed by atoms with Gasteiger partial charge in [0.15, 0.2) is 0 Å². The van der Waals surface area contributed by atoms with Gasteiger partial charge in [-0.25, -0.2) is 0 Å². The lowest BCUT2D eigenvalue weighted by Gasteiger charge is -2.37. The van der Waals surface area contributed by atoms with Crippen LogP contribution in [-0.4, -0.2) is 6.71 Å². The molecule has 0 radical (unpaired) electrons. The molecule has 0 bridgehead atoms. The van der Waals surface area contributed by atoms with E-state index >= 15 is 0 Å². The number of hydrogen-bond acceptors (Lipinski definition) is 2. The van der Waals surface area contributed by atoms with Crippen molar-refractivity contribution in [3.63, 3.8) is 0 Å². The van der Waals surface area contributed by atoms with Crippen molar-refractivity contribution in [2.75, 3.05) is 4.90 Å². The minimum absolute atomic E-state index is 0.0195. The molecule has 49 heavy (non-hydrogen) atoms. The summed E-state index contributed by atoms with van der Waals surface area (Å²) < 4.78 is 6.23. The molecular weight excluding hydrogens is 593 g/mol. The molecule has 0 spiro atoms. The highest BCUT2D eigenvalue weighted by molar-refractivity contribution is 7.01. The predicted octanol–water partition coefficient (Wildman–Crippen LogP) is 10.5. The first kappa shape index (κ1) is 28.2. The number of nitrogens with zero attached hydrogens (tertiary/aromatic N) is 1. The molecule has 3 heterocycles. The van der Waals surface area contributed by atoms with Crippen LogP contribution in [0.25, 0.3) is 55.3 Å². The molecule has 0 fully saturated rings. The third kappa shape index (κ3) is 4.22. The van der Waals surface area contributed by atoms with Gasteiger partial charge in [-0.15, -0.1) is 0 Å². The monoisotopic (exact) mass is 627 g/mol. The van der Waals surface area contributed by atoms with Crippen LogP contribution in [0.5, 0.6) is 0 Å². The van der Waals surface area contributed by atoms with Gasteiger partial charge in [-0.05, 0) is 98.3 Å². The number of para-hydroxylation sites is 2. The Hall–Kier alpha value is -5.80. The van der Waals surface area contributed by atoms with E-state index in [1.54, 1.807) is 0 Å². The molecule has 0 unspecified atom stereocenters. The molecule has 7 aromatic carbocycles. The normalized spacial score (nSPS) is 13.1. The zero-order valence-electron chi connectivity index (χ0n) is 27.9. The van der Waals surface area contributed by atoms with Crippen LogP contribution in [0.15, 0.2) is 156 Å². The lowest BCUT2D eigenvalue weighted by atomic mass is 9.37. The molecule has 0 amide bonds. The van der Waals surface area contributed by atoms with Crippen LogP contribution in [0.4, 0.5) is 17.1 Å². The van der Waals surface area contributed by atoms with Crippen LogP contribution in [0.1, 0.15) is 26.3 Å². The smallest absolute Gasteiger partial charge is 0.248 e. The number of anilines is 3. The van der Waals surface area contributed by atoms with Crippen LogP contribution in [0, 0.1) is 0 Å². The van der Waals surface area contributed by atoms with E-state index < -0.39 is 0 Å². The molecule has 0 aliphatic carbocycles. The lowest BCUT2D eigenvalue weighted by Crippen LogP contribution is -2.54. The summed E-state index contributed by atoms with van der Waals surface area (Å²) in [5, 5.41) is 2.29. The summed E-state index contributed by atoms with van der Waals surface area (Å²) in [6.45, 7) is 7.07. The fraction of sp³-hybridized carbons (Fsp3) is 0.0870. The minimum Gasteiger partial charge on any atom is -0.456 e. The average molecular weight is 628 g/mol. The first-order valence-corrected chi connectivity index (χ1v) is 17.2. The summed E-state index contributed by atoms with van der Waals surface area (Å²) in [4.78, 5) is 2.54. The summed E-state index contributed by atoms with van der Waals surface area (Å²) in [5.41, 5.74) is 18.4. The van der Waals surface area contributed by atoms with Crippen molar-refractivity contribution in [2.45, 2.75) is 26.2 Å². The number of rotatable bonds is 3. The topological polar surface area (TPSA) is 16.4 Å². The first-order chi connectivity index (χ1) is 23.9. The van der Waals surface area contributed by atoms with Crippen LogP contribution in [0.2, 0.25) is 0 Å². The predicted molar refractivity (Wildman–Crippen MR) is 208 cm³/mol. The molecule has 0 saturated carbocycles. The Balaban J connectivity index is 1.28. The highest BCUT2D eigenvalue weighted by Crippen LogP contribution is 2.47. The molecule has 2 nitrogen and oxygen atoms in total. The Bertz CT molecular complexity index is 2610. The molecule has 3 heteroatoms. The SMILES string of the molecule is CC(C)(C)c1ccc(N2c3ccccc3B3c4ccccc4-c4cc(-c5ccc6oc7ccccc7c6c5)cc2c43)c(-c2ccccc2)c1.